The third-order valence-electron chi connectivity index (χ3n) is 2.13. The minimum absolute atomic E-state index is 0.107. The van der Waals surface area contributed by atoms with Crippen molar-refractivity contribution < 1.29 is 26.7 Å². The van der Waals surface area contributed by atoms with E-state index in [4.69, 9.17) is 16.7 Å². The van der Waals surface area contributed by atoms with E-state index in [0.29, 0.717) is 0 Å². The van der Waals surface area contributed by atoms with Crippen molar-refractivity contribution in [3.63, 3.8) is 0 Å². The van der Waals surface area contributed by atoms with Crippen molar-refractivity contribution in [1.29, 1.82) is 0 Å². The van der Waals surface area contributed by atoms with Gasteiger partial charge in [0, 0.05) is 13.6 Å². The number of alkyl halides is 3. The average molecular weight is 322 g/mol. The molecular weight excluding hydrogens is 311 g/mol. The van der Waals surface area contributed by atoms with Crippen molar-refractivity contribution in [2.24, 2.45) is 7.05 Å². The van der Waals surface area contributed by atoms with Crippen LogP contribution in [0.25, 0.3) is 0 Å². The molecule has 0 aliphatic carbocycles. The molecule has 0 aliphatic rings. The third kappa shape index (κ3) is 3.81. The molecule has 0 saturated carbocycles. The molecule has 0 aromatic carbocycles. The molecule has 0 radical (unpaired) electrons. The molecule has 1 heterocycles. The maximum absolute atomic E-state index is 12.4. The summed E-state index contributed by atoms with van der Waals surface area (Å²) in [7, 11) is -3.25. The number of aliphatic hydroxyl groups excluding tert-OH is 1. The lowest BCUT2D eigenvalue weighted by Gasteiger charge is -2.22. The van der Waals surface area contributed by atoms with Gasteiger partial charge in [-0.25, -0.2) is 8.42 Å². The largest absolute Gasteiger partial charge is 0.402 e. The summed E-state index contributed by atoms with van der Waals surface area (Å²) < 4.78 is 62.2. The van der Waals surface area contributed by atoms with E-state index in [2.05, 4.69) is 5.10 Å². The molecule has 0 fully saturated rings. The minimum atomic E-state index is -4.73. The summed E-state index contributed by atoms with van der Waals surface area (Å²) in [6.07, 6.45) is -3.72. The van der Waals surface area contributed by atoms with Crippen LogP contribution in [-0.2, 0) is 17.1 Å². The normalized spacial score (nSPS) is 13.2. The average Bonchev–Trinajstić information content (AvgIpc) is 2.56. The van der Waals surface area contributed by atoms with Crippen molar-refractivity contribution in [2.45, 2.75) is 11.2 Å². The van der Waals surface area contributed by atoms with E-state index in [1.165, 1.54) is 7.05 Å². The Morgan fingerprint density at radius 3 is 2.47 bits per heavy atom. The van der Waals surface area contributed by atoms with E-state index in [-0.39, 0.29) is 9.33 Å². The molecule has 0 atom stereocenters. The molecule has 6 nitrogen and oxygen atoms in total. The first-order chi connectivity index (χ1) is 8.59. The number of aliphatic hydroxyl groups is 1. The zero-order valence-electron chi connectivity index (χ0n) is 9.72. The molecule has 1 aromatic heterocycles. The Bertz CT molecular complexity index is 524. The summed E-state index contributed by atoms with van der Waals surface area (Å²) >= 11 is 5.61. The topological polar surface area (TPSA) is 75.4 Å². The highest BCUT2D eigenvalue weighted by Crippen LogP contribution is 2.26. The summed E-state index contributed by atoms with van der Waals surface area (Å²) in [6, 6.07) is 0. The van der Waals surface area contributed by atoms with Crippen LogP contribution in [0, 0.1) is 0 Å². The fourth-order valence-corrected chi connectivity index (χ4v) is 3.43. The Labute approximate surface area is 112 Å². The Morgan fingerprint density at radius 2 is 2.11 bits per heavy atom. The highest BCUT2D eigenvalue weighted by atomic mass is 35.5. The summed E-state index contributed by atoms with van der Waals surface area (Å²) in [5.74, 6) is 0. The van der Waals surface area contributed by atoms with Gasteiger partial charge < -0.3 is 5.11 Å². The first kappa shape index (κ1) is 16.2. The van der Waals surface area contributed by atoms with Crippen molar-refractivity contribution in [3.8, 4) is 0 Å². The second kappa shape index (κ2) is 5.65. The number of nitrogens with zero attached hydrogens (tertiary/aromatic N) is 3. The monoisotopic (exact) mass is 321 g/mol. The number of hydrogen-bond donors (Lipinski definition) is 1. The van der Waals surface area contributed by atoms with Crippen LogP contribution in [0.3, 0.4) is 0 Å². The van der Waals surface area contributed by atoms with E-state index >= 15 is 0 Å². The molecule has 110 valence electrons. The fraction of sp³-hybridized carbons (Fsp3) is 0.625. The number of halogens is 4. The van der Waals surface area contributed by atoms with Gasteiger partial charge in [0.1, 0.15) is 6.54 Å². The number of aromatic nitrogens is 2. The molecule has 0 saturated heterocycles. The first-order valence-corrected chi connectivity index (χ1v) is 6.76. The molecule has 0 amide bonds. The van der Waals surface area contributed by atoms with Crippen LogP contribution in [0.15, 0.2) is 11.2 Å². The summed E-state index contributed by atoms with van der Waals surface area (Å²) in [6.45, 7) is -3.15. The van der Waals surface area contributed by atoms with E-state index in [9.17, 15) is 21.6 Å². The maximum atomic E-state index is 12.4. The Morgan fingerprint density at radius 1 is 1.53 bits per heavy atom. The molecular formula is C8H11ClF3N3O3S. The quantitative estimate of drug-likeness (QED) is 0.862. The number of hydrogen-bond acceptors (Lipinski definition) is 4. The Kier molecular flexibility index (Phi) is 4.82. The lowest BCUT2D eigenvalue weighted by Crippen LogP contribution is -2.41. The van der Waals surface area contributed by atoms with Gasteiger partial charge in [0.05, 0.1) is 17.8 Å². The van der Waals surface area contributed by atoms with Gasteiger partial charge in [-0.15, -0.1) is 0 Å². The Balaban J connectivity index is 3.21. The van der Waals surface area contributed by atoms with E-state index in [0.717, 1.165) is 10.9 Å². The van der Waals surface area contributed by atoms with Crippen LogP contribution in [0.2, 0.25) is 5.02 Å². The second-order valence-corrected chi connectivity index (χ2v) is 5.86. The summed E-state index contributed by atoms with van der Waals surface area (Å²) in [5.41, 5.74) is 0. The summed E-state index contributed by atoms with van der Waals surface area (Å²) in [4.78, 5) is 0. The van der Waals surface area contributed by atoms with Crippen LogP contribution in [-0.4, -0.2) is 53.5 Å². The first-order valence-electron chi connectivity index (χ1n) is 4.95. The van der Waals surface area contributed by atoms with Gasteiger partial charge in [0.2, 0.25) is 0 Å². The zero-order valence-corrected chi connectivity index (χ0v) is 11.3. The molecule has 0 bridgehead atoms. The number of sulfonamides is 1. The van der Waals surface area contributed by atoms with E-state index in [1.54, 1.807) is 0 Å². The van der Waals surface area contributed by atoms with E-state index < -0.39 is 40.9 Å². The van der Waals surface area contributed by atoms with Crippen LogP contribution in [0.5, 0.6) is 0 Å². The van der Waals surface area contributed by atoms with Crippen molar-refractivity contribution in [2.75, 3.05) is 19.7 Å². The van der Waals surface area contributed by atoms with Crippen LogP contribution < -0.4 is 0 Å². The van der Waals surface area contributed by atoms with Gasteiger partial charge in [0.15, 0.2) is 5.03 Å². The standard InChI is InChI=1S/C8H11ClF3N3O3S/c1-14-7(6(9)4-13-14)19(17,18)15(2-3-16)5-8(10,11)12/h4,16H,2-3,5H2,1H3. The lowest BCUT2D eigenvalue weighted by molar-refractivity contribution is -0.136. The molecule has 11 heteroatoms. The van der Waals surface area contributed by atoms with E-state index in [1.807, 2.05) is 0 Å². The van der Waals surface area contributed by atoms with Crippen molar-refractivity contribution in [3.05, 3.63) is 11.2 Å². The van der Waals surface area contributed by atoms with Crippen LogP contribution >= 0.6 is 11.6 Å². The molecule has 0 aliphatic heterocycles. The highest BCUT2D eigenvalue weighted by Gasteiger charge is 2.38. The van der Waals surface area contributed by atoms with Gasteiger partial charge >= 0.3 is 6.18 Å². The SMILES string of the molecule is Cn1ncc(Cl)c1S(=O)(=O)N(CCO)CC(F)(F)F. The van der Waals surface area contributed by atoms with Gasteiger partial charge in [-0.1, -0.05) is 11.6 Å². The predicted octanol–water partition coefficient (Wildman–Crippen LogP) is 0.619. The van der Waals surface area contributed by atoms with Gasteiger partial charge in [-0.05, 0) is 0 Å². The van der Waals surface area contributed by atoms with Gasteiger partial charge in [-0.2, -0.15) is 22.6 Å². The third-order valence-corrected chi connectivity index (χ3v) is 4.48. The number of rotatable bonds is 5. The van der Waals surface area contributed by atoms with Crippen molar-refractivity contribution >= 4 is 21.6 Å². The van der Waals surface area contributed by atoms with Crippen molar-refractivity contribution in [1.82, 2.24) is 14.1 Å². The smallest absolute Gasteiger partial charge is 0.395 e. The molecule has 1 rings (SSSR count). The molecule has 1 aromatic rings. The number of aryl methyl sites for hydroxylation is 1. The zero-order chi connectivity index (χ0) is 14.8. The van der Waals surface area contributed by atoms with Crippen LogP contribution in [0.4, 0.5) is 13.2 Å². The highest BCUT2D eigenvalue weighted by molar-refractivity contribution is 7.89. The van der Waals surface area contributed by atoms with Gasteiger partial charge in [0.25, 0.3) is 10.0 Å². The predicted molar refractivity (Wildman–Crippen MR) is 60.1 cm³/mol. The summed E-state index contributed by atoms with van der Waals surface area (Å²) in [5, 5.41) is 11.4. The Hall–Kier alpha value is -0.840. The maximum Gasteiger partial charge on any atom is 0.402 e. The molecule has 0 unspecified atom stereocenters. The van der Waals surface area contributed by atoms with Crippen LogP contribution in [0.1, 0.15) is 0 Å². The molecule has 0 spiro atoms. The second-order valence-electron chi connectivity index (χ2n) is 3.60. The molecule has 1 N–H and O–H groups in total. The van der Waals surface area contributed by atoms with Gasteiger partial charge in [-0.3, -0.25) is 4.68 Å². The fourth-order valence-electron chi connectivity index (χ4n) is 1.41. The molecule has 19 heavy (non-hydrogen) atoms. The minimum Gasteiger partial charge on any atom is -0.395 e. The lowest BCUT2D eigenvalue weighted by atomic mass is 10.6.